The van der Waals surface area contributed by atoms with Gasteiger partial charge in [0.1, 0.15) is 5.82 Å². The van der Waals surface area contributed by atoms with Gasteiger partial charge >= 0.3 is 0 Å². The molecule has 1 aromatic heterocycles. The number of nitrogens with one attached hydrogen (secondary N) is 1. The summed E-state index contributed by atoms with van der Waals surface area (Å²) in [6, 6.07) is 15.2. The molecule has 0 aliphatic carbocycles. The molecule has 0 spiro atoms. The number of aromatic nitrogens is 1. The van der Waals surface area contributed by atoms with E-state index in [4.69, 9.17) is 0 Å². The van der Waals surface area contributed by atoms with Crippen molar-refractivity contribution in [3.05, 3.63) is 71.7 Å². The molecular formula is C17H13FN2O. The first kappa shape index (κ1) is 13.2. The van der Waals surface area contributed by atoms with E-state index in [1.54, 1.807) is 24.3 Å². The van der Waals surface area contributed by atoms with Crippen LogP contribution in [-0.4, -0.2) is 10.9 Å². The van der Waals surface area contributed by atoms with Crippen molar-refractivity contribution in [2.45, 2.75) is 6.92 Å². The average Bonchev–Trinajstić information content (AvgIpc) is 2.47. The van der Waals surface area contributed by atoms with Gasteiger partial charge in [-0.25, -0.2) is 4.39 Å². The third-order valence-corrected chi connectivity index (χ3v) is 3.21. The Morgan fingerprint density at radius 2 is 1.86 bits per heavy atom. The third-order valence-electron chi connectivity index (χ3n) is 3.21. The van der Waals surface area contributed by atoms with E-state index in [0.29, 0.717) is 5.69 Å². The van der Waals surface area contributed by atoms with Crippen LogP contribution < -0.4 is 5.32 Å². The van der Waals surface area contributed by atoms with Crippen molar-refractivity contribution in [1.82, 2.24) is 4.98 Å². The lowest BCUT2D eigenvalue weighted by molar-refractivity contribution is 0.102. The second-order valence-electron chi connectivity index (χ2n) is 4.79. The summed E-state index contributed by atoms with van der Waals surface area (Å²) in [6.45, 7) is 1.91. The zero-order chi connectivity index (χ0) is 14.8. The molecule has 4 heteroatoms. The average molecular weight is 280 g/mol. The molecule has 3 aromatic rings. The number of nitrogens with zero attached hydrogens (tertiary/aromatic N) is 1. The van der Waals surface area contributed by atoms with E-state index in [-0.39, 0.29) is 5.56 Å². The molecule has 0 radical (unpaired) electrons. The van der Waals surface area contributed by atoms with Crippen molar-refractivity contribution in [2.75, 3.05) is 5.32 Å². The smallest absolute Gasteiger partial charge is 0.258 e. The SMILES string of the molecule is Cc1ccc2ccc(NC(=O)c3ccccc3F)cc2n1. The van der Waals surface area contributed by atoms with Crippen molar-refractivity contribution >= 4 is 22.5 Å². The molecule has 0 bridgehead atoms. The van der Waals surface area contributed by atoms with Crippen molar-refractivity contribution in [1.29, 1.82) is 0 Å². The summed E-state index contributed by atoms with van der Waals surface area (Å²) in [5.74, 6) is -1.01. The van der Waals surface area contributed by atoms with E-state index in [1.165, 1.54) is 12.1 Å². The Balaban J connectivity index is 1.91. The number of halogens is 1. The number of hydrogen-bond donors (Lipinski definition) is 1. The van der Waals surface area contributed by atoms with Gasteiger partial charge in [0.2, 0.25) is 0 Å². The minimum Gasteiger partial charge on any atom is -0.322 e. The number of fused-ring (bicyclic) bond motifs is 1. The van der Waals surface area contributed by atoms with Gasteiger partial charge in [-0.2, -0.15) is 0 Å². The van der Waals surface area contributed by atoms with Crippen LogP contribution in [0.15, 0.2) is 54.6 Å². The highest BCUT2D eigenvalue weighted by Crippen LogP contribution is 2.19. The molecule has 0 atom stereocenters. The maximum Gasteiger partial charge on any atom is 0.258 e. The first-order valence-electron chi connectivity index (χ1n) is 6.57. The van der Waals surface area contributed by atoms with Crippen LogP contribution in [0.25, 0.3) is 10.9 Å². The van der Waals surface area contributed by atoms with Gasteiger partial charge in [0.05, 0.1) is 11.1 Å². The maximum absolute atomic E-state index is 13.6. The summed E-state index contributed by atoms with van der Waals surface area (Å²) >= 11 is 0. The number of amides is 1. The molecule has 2 aromatic carbocycles. The van der Waals surface area contributed by atoms with Gasteiger partial charge in [0.25, 0.3) is 5.91 Å². The summed E-state index contributed by atoms with van der Waals surface area (Å²) in [6.07, 6.45) is 0. The monoisotopic (exact) mass is 280 g/mol. The summed E-state index contributed by atoms with van der Waals surface area (Å²) in [4.78, 5) is 16.5. The minimum absolute atomic E-state index is 0.0230. The lowest BCUT2D eigenvalue weighted by Gasteiger charge is -2.07. The Labute approximate surface area is 121 Å². The van der Waals surface area contributed by atoms with E-state index >= 15 is 0 Å². The second kappa shape index (κ2) is 5.32. The van der Waals surface area contributed by atoms with Gasteiger partial charge in [-0.05, 0) is 37.3 Å². The number of aryl methyl sites for hydroxylation is 1. The number of rotatable bonds is 2. The lowest BCUT2D eigenvalue weighted by Crippen LogP contribution is -2.13. The summed E-state index contributed by atoms with van der Waals surface area (Å²) in [5, 5.41) is 3.68. The quantitative estimate of drug-likeness (QED) is 0.772. The van der Waals surface area contributed by atoms with Crippen LogP contribution in [0.3, 0.4) is 0 Å². The van der Waals surface area contributed by atoms with E-state index < -0.39 is 11.7 Å². The number of carbonyl (C=O) groups excluding carboxylic acids is 1. The summed E-state index contributed by atoms with van der Waals surface area (Å²) in [5.41, 5.74) is 2.31. The fraction of sp³-hybridized carbons (Fsp3) is 0.0588. The number of carbonyl (C=O) groups is 1. The summed E-state index contributed by atoms with van der Waals surface area (Å²) < 4.78 is 13.6. The molecule has 0 saturated carbocycles. The standard InChI is InChI=1S/C17H13FN2O/c1-11-6-7-12-8-9-13(10-16(12)19-11)20-17(21)14-4-2-3-5-15(14)18/h2-10H,1H3,(H,20,21). The van der Waals surface area contributed by atoms with Crippen LogP contribution in [-0.2, 0) is 0 Å². The van der Waals surface area contributed by atoms with Crippen LogP contribution in [0.5, 0.6) is 0 Å². The Kier molecular flexibility index (Phi) is 3.36. The molecule has 104 valence electrons. The third kappa shape index (κ3) is 2.74. The number of hydrogen-bond acceptors (Lipinski definition) is 2. The second-order valence-corrected chi connectivity index (χ2v) is 4.79. The fourth-order valence-electron chi connectivity index (χ4n) is 2.14. The van der Waals surface area contributed by atoms with Crippen molar-refractivity contribution in [2.24, 2.45) is 0 Å². The molecule has 1 heterocycles. The summed E-state index contributed by atoms with van der Waals surface area (Å²) in [7, 11) is 0. The van der Waals surface area contributed by atoms with E-state index in [0.717, 1.165) is 16.6 Å². The molecule has 21 heavy (non-hydrogen) atoms. The topological polar surface area (TPSA) is 42.0 Å². The van der Waals surface area contributed by atoms with Gasteiger partial charge in [0, 0.05) is 16.8 Å². The van der Waals surface area contributed by atoms with Gasteiger partial charge in [-0.15, -0.1) is 0 Å². The normalized spacial score (nSPS) is 10.6. The predicted octanol–water partition coefficient (Wildman–Crippen LogP) is 3.93. The fourth-order valence-corrected chi connectivity index (χ4v) is 2.14. The van der Waals surface area contributed by atoms with E-state index in [9.17, 15) is 9.18 Å². The Hall–Kier alpha value is -2.75. The molecule has 1 amide bonds. The molecular weight excluding hydrogens is 267 g/mol. The van der Waals surface area contributed by atoms with Crippen LogP contribution in [0, 0.1) is 12.7 Å². The highest BCUT2D eigenvalue weighted by atomic mass is 19.1. The Bertz CT molecular complexity index is 830. The number of pyridine rings is 1. The first-order valence-corrected chi connectivity index (χ1v) is 6.57. The Morgan fingerprint density at radius 3 is 2.67 bits per heavy atom. The zero-order valence-corrected chi connectivity index (χ0v) is 11.4. The maximum atomic E-state index is 13.6. The van der Waals surface area contributed by atoms with E-state index in [1.807, 2.05) is 25.1 Å². The van der Waals surface area contributed by atoms with Gasteiger partial charge in [0.15, 0.2) is 0 Å². The number of anilines is 1. The molecule has 0 saturated heterocycles. The van der Waals surface area contributed by atoms with Gasteiger partial charge < -0.3 is 5.32 Å². The molecule has 0 aliphatic heterocycles. The van der Waals surface area contributed by atoms with Crippen molar-refractivity contribution < 1.29 is 9.18 Å². The van der Waals surface area contributed by atoms with Crippen molar-refractivity contribution in [3.8, 4) is 0 Å². The van der Waals surface area contributed by atoms with Gasteiger partial charge in [-0.3, -0.25) is 9.78 Å². The van der Waals surface area contributed by atoms with Crippen LogP contribution >= 0.6 is 0 Å². The highest BCUT2D eigenvalue weighted by Gasteiger charge is 2.11. The lowest BCUT2D eigenvalue weighted by atomic mass is 10.1. The van der Waals surface area contributed by atoms with Crippen LogP contribution in [0.1, 0.15) is 16.1 Å². The zero-order valence-electron chi connectivity index (χ0n) is 11.4. The number of benzene rings is 2. The molecule has 3 rings (SSSR count). The highest BCUT2D eigenvalue weighted by molar-refractivity contribution is 6.05. The Morgan fingerprint density at radius 1 is 1.10 bits per heavy atom. The minimum atomic E-state index is -0.537. The van der Waals surface area contributed by atoms with Gasteiger partial charge in [-0.1, -0.05) is 24.3 Å². The largest absolute Gasteiger partial charge is 0.322 e. The predicted molar refractivity (Wildman–Crippen MR) is 80.8 cm³/mol. The molecule has 1 N–H and O–H groups in total. The molecule has 3 nitrogen and oxygen atoms in total. The van der Waals surface area contributed by atoms with Crippen LogP contribution in [0.2, 0.25) is 0 Å². The first-order chi connectivity index (χ1) is 10.1. The molecule has 0 fully saturated rings. The van der Waals surface area contributed by atoms with Crippen molar-refractivity contribution in [3.63, 3.8) is 0 Å². The molecule has 0 unspecified atom stereocenters. The van der Waals surface area contributed by atoms with E-state index in [2.05, 4.69) is 10.3 Å². The molecule has 0 aliphatic rings. The van der Waals surface area contributed by atoms with Crippen LogP contribution in [0.4, 0.5) is 10.1 Å².